The summed E-state index contributed by atoms with van der Waals surface area (Å²) in [5.74, 6) is 2.35. The van der Waals surface area contributed by atoms with Crippen molar-refractivity contribution in [3.8, 4) is 23.3 Å². The lowest BCUT2D eigenvalue weighted by atomic mass is 10.2. The standard InChI is InChI=1S/C18H16ClNO3S2/c1-3-25-17-7-5-13(9-16(17)22-11(2)18(21)24)23-15-6-4-12(10-20)8-14(15)19/h4-9,11H,3H2,1-2H3,(H,21,24). The molecule has 0 radical (unpaired) electrons. The number of carbonyl (C=O) groups excluding carboxylic acids is 1. The van der Waals surface area contributed by atoms with Crippen LogP contribution in [0.3, 0.4) is 0 Å². The first-order chi connectivity index (χ1) is 11.9. The van der Waals surface area contributed by atoms with Crippen LogP contribution >= 0.6 is 36.0 Å². The molecule has 25 heavy (non-hydrogen) atoms. The molecule has 130 valence electrons. The Hall–Kier alpha value is -1.81. The van der Waals surface area contributed by atoms with E-state index >= 15 is 0 Å². The highest BCUT2D eigenvalue weighted by Crippen LogP contribution is 2.37. The number of hydrogen-bond donors (Lipinski definition) is 1. The third kappa shape index (κ3) is 5.33. The second-order valence-electron chi connectivity index (χ2n) is 5.00. The number of nitrogens with zero attached hydrogens (tertiary/aromatic N) is 1. The molecule has 0 amide bonds. The van der Waals surface area contributed by atoms with E-state index in [4.69, 9.17) is 26.3 Å². The van der Waals surface area contributed by atoms with Gasteiger partial charge in [-0.1, -0.05) is 18.5 Å². The monoisotopic (exact) mass is 393 g/mol. The van der Waals surface area contributed by atoms with Gasteiger partial charge in [0.05, 0.1) is 16.7 Å². The molecular weight excluding hydrogens is 378 g/mol. The molecule has 2 aromatic rings. The van der Waals surface area contributed by atoms with Crippen LogP contribution in [-0.2, 0) is 4.79 Å². The Balaban J connectivity index is 2.29. The second-order valence-corrected chi connectivity index (χ2v) is 7.15. The minimum absolute atomic E-state index is 0.340. The Morgan fingerprint density at radius 1 is 1.32 bits per heavy atom. The number of thiol groups is 1. The molecule has 0 bridgehead atoms. The first kappa shape index (κ1) is 19.5. The van der Waals surface area contributed by atoms with Gasteiger partial charge in [0.25, 0.3) is 0 Å². The molecule has 0 spiro atoms. The number of benzene rings is 2. The normalized spacial score (nSPS) is 11.5. The number of ether oxygens (including phenoxy) is 2. The maximum Gasteiger partial charge on any atom is 0.226 e. The van der Waals surface area contributed by atoms with Crippen molar-refractivity contribution in [1.82, 2.24) is 0 Å². The average molecular weight is 394 g/mol. The molecule has 0 N–H and O–H groups in total. The molecule has 2 rings (SSSR count). The van der Waals surface area contributed by atoms with Crippen LogP contribution < -0.4 is 9.47 Å². The molecule has 1 atom stereocenters. The molecule has 0 fully saturated rings. The van der Waals surface area contributed by atoms with Crippen molar-refractivity contribution in [1.29, 1.82) is 5.26 Å². The Labute approximate surface area is 161 Å². The SMILES string of the molecule is CCSc1ccc(Oc2ccc(C#N)cc2Cl)cc1OC(C)C(=O)S. The molecule has 0 heterocycles. The van der Waals surface area contributed by atoms with Crippen molar-refractivity contribution in [3.05, 3.63) is 47.0 Å². The van der Waals surface area contributed by atoms with Gasteiger partial charge in [-0.25, -0.2) is 0 Å². The Morgan fingerprint density at radius 2 is 2.08 bits per heavy atom. The molecule has 0 saturated heterocycles. The number of hydrogen-bond acceptors (Lipinski definition) is 5. The summed E-state index contributed by atoms with van der Waals surface area (Å²) in [7, 11) is 0. The van der Waals surface area contributed by atoms with Crippen LogP contribution in [0.25, 0.3) is 0 Å². The fourth-order valence-electron chi connectivity index (χ4n) is 1.94. The molecule has 4 nitrogen and oxygen atoms in total. The molecule has 7 heteroatoms. The van der Waals surface area contributed by atoms with Crippen LogP contribution in [0, 0.1) is 11.3 Å². The van der Waals surface area contributed by atoms with Gasteiger partial charge in [0.2, 0.25) is 5.12 Å². The molecule has 0 aliphatic carbocycles. The first-order valence-corrected chi connectivity index (χ1v) is 9.29. The van der Waals surface area contributed by atoms with E-state index < -0.39 is 6.10 Å². The lowest BCUT2D eigenvalue weighted by Gasteiger charge is -2.16. The second kappa shape index (κ2) is 9.04. The topological polar surface area (TPSA) is 59.3 Å². The van der Waals surface area contributed by atoms with Crippen LogP contribution in [0.15, 0.2) is 41.3 Å². The fraction of sp³-hybridized carbons (Fsp3) is 0.222. The van der Waals surface area contributed by atoms with Gasteiger partial charge in [0.1, 0.15) is 17.2 Å². The molecule has 0 aromatic heterocycles. The summed E-state index contributed by atoms with van der Waals surface area (Å²) in [5.41, 5.74) is 0.456. The lowest BCUT2D eigenvalue weighted by Crippen LogP contribution is -2.19. The van der Waals surface area contributed by atoms with Crippen molar-refractivity contribution < 1.29 is 14.3 Å². The highest BCUT2D eigenvalue weighted by atomic mass is 35.5. The van der Waals surface area contributed by atoms with E-state index in [1.807, 2.05) is 19.1 Å². The van der Waals surface area contributed by atoms with Gasteiger partial charge >= 0.3 is 0 Å². The number of nitriles is 1. The summed E-state index contributed by atoms with van der Waals surface area (Å²) < 4.78 is 11.5. The number of halogens is 1. The Bertz CT molecular complexity index is 820. The molecule has 0 aliphatic rings. The van der Waals surface area contributed by atoms with Gasteiger partial charge in [-0.3, -0.25) is 4.79 Å². The smallest absolute Gasteiger partial charge is 0.226 e. The van der Waals surface area contributed by atoms with Gasteiger partial charge in [0.15, 0.2) is 6.10 Å². The third-order valence-electron chi connectivity index (χ3n) is 3.16. The number of rotatable bonds is 7. The van der Waals surface area contributed by atoms with Crippen LogP contribution in [0.5, 0.6) is 17.2 Å². The minimum Gasteiger partial charge on any atom is -0.481 e. The van der Waals surface area contributed by atoms with Crippen LogP contribution in [-0.4, -0.2) is 17.0 Å². The van der Waals surface area contributed by atoms with Crippen molar-refractivity contribution in [2.24, 2.45) is 0 Å². The van der Waals surface area contributed by atoms with Crippen LogP contribution in [0.2, 0.25) is 5.02 Å². The van der Waals surface area contributed by atoms with Gasteiger partial charge in [0, 0.05) is 11.0 Å². The van der Waals surface area contributed by atoms with Gasteiger partial charge in [-0.15, -0.1) is 24.4 Å². The van der Waals surface area contributed by atoms with Crippen molar-refractivity contribution in [3.63, 3.8) is 0 Å². The summed E-state index contributed by atoms with van der Waals surface area (Å²) in [6.45, 7) is 3.67. The summed E-state index contributed by atoms with van der Waals surface area (Å²) in [5, 5.41) is 8.87. The maximum atomic E-state index is 11.4. The highest BCUT2D eigenvalue weighted by Gasteiger charge is 2.15. The largest absolute Gasteiger partial charge is 0.481 e. The van der Waals surface area contributed by atoms with E-state index in [2.05, 4.69) is 12.6 Å². The summed E-state index contributed by atoms with van der Waals surface area (Å²) in [4.78, 5) is 12.3. The predicted molar refractivity (Wildman–Crippen MR) is 103 cm³/mol. The maximum absolute atomic E-state index is 11.4. The minimum atomic E-state index is -0.673. The zero-order valence-electron chi connectivity index (χ0n) is 13.7. The average Bonchev–Trinajstić information content (AvgIpc) is 2.58. The van der Waals surface area contributed by atoms with Crippen molar-refractivity contribution in [2.45, 2.75) is 24.8 Å². The van der Waals surface area contributed by atoms with E-state index in [1.54, 1.807) is 43.0 Å². The lowest BCUT2D eigenvalue weighted by molar-refractivity contribution is -0.116. The molecule has 1 unspecified atom stereocenters. The third-order valence-corrected chi connectivity index (χ3v) is 4.75. The number of thioether (sulfide) groups is 1. The fourth-order valence-corrected chi connectivity index (χ4v) is 2.94. The van der Waals surface area contributed by atoms with Crippen LogP contribution in [0.1, 0.15) is 19.4 Å². The van der Waals surface area contributed by atoms with Gasteiger partial charge in [-0.05, 0) is 43.0 Å². The van der Waals surface area contributed by atoms with Gasteiger partial charge in [-0.2, -0.15) is 5.26 Å². The molecule has 0 aliphatic heterocycles. The highest BCUT2D eigenvalue weighted by molar-refractivity contribution is 7.99. The van der Waals surface area contributed by atoms with Crippen molar-refractivity contribution in [2.75, 3.05) is 5.75 Å². The molecular formula is C18H16ClNO3S2. The van der Waals surface area contributed by atoms with E-state index in [-0.39, 0.29) is 5.12 Å². The summed E-state index contributed by atoms with van der Waals surface area (Å²) in [6.07, 6.45) is -0.673. The summed E-state index contributed by atoms with van der Waals surface area (Å²) >= 11 is 11.5. The first-order valence-electron chi connectivity index (χ1n) is 7.48. The van der Waals surface area contributed by atoms with E-state index in [0.29, 0.717) is 27.8 Å². The molecule has 0 saturated carbocycles. The number of carbonyl (C=O) groups is 1. The quantitative estimate of drug-likeness (QED) is 0.508. The zero-order valence-corrected chi connectivity index (χ0v) is 16.1. The van der Waals surface area contributed by atoms with E-state index in [9.17, 15) is 4.79 Å². The Morgan fingerprint density at radius 3 is 2.68 bits per heavy atom. The molecule has 2 aromatic carbocycles. The van der Waals surface area contributed by atoms with E-state index in [0.717, 1.165) is 10.6 Å². The van der Waals surface area contributed by atoms with Crippen LogP contribution in [0.4, 0.5) is 0 Å². The predicted octanol–water partition coefficient (Wildman–Crippen LogP) is 5.34. The van der Waals surface area contributed by atoms with E-state index in [1.165, 1.54) is 6.07 Å². The Kier molecular flexibility index (Phi) is 7.06. The zero-order chi connectivity index (χ0) is 18.4. The van der Waals surface area contributed by atoms with Gasteiger partial charge < -0.3 is 9.47 Å². The van der Waals surface area contributed by atoms with Crippen molar-refractivity contribution >= 4 is 41.1 Å². The summed E-state index contributed by atoms with van der Waals surface area (Å²) in [6, 6.07) is 12.2.